The van der Waals surface area contributed by atoms with E-state index in [1.807, 2.05) is 45.2 Å². The van der Waals surface area contributed by atoms with Gasteiger partial charge in [0, 0.05) is 25.8 Å². The minimum atomic E-state index is -0.673. The Labute approximate surface area is 170 Å². The first kappa shape index (κ1) is 21.4. The lowest BCUT2D eigenvalue weighted by atomic mass is 10.2. The van der Waals surface area contributed by atoms with Crippen LogP contribution in [0.15, 0.2) is 35.3 Å². The third-order valence-electron chi connectivity index (χ3n) is 3.90. The topological polar surface area (TPSA) is 70.8 Å². The maximum absolute atomic E-state index is 10.2. The number of ether oxygens (including phenoxy) is 1. The second-order valence-corrected chi connectivity index (χ2v) is 6.96. The zero-order chi connectivity index (χ0) is 19.8. The van der Waals surface area contributed by atoms with Crippen LogP contribution in [0.4, 0.5) is 0 Å². The van der Waals surface area contributed by atoms with Crippen molar-refractivity contribution in [3.8, 4) is 5.75 Å². The molecule has 0 saturated heterocycles. The van der Waals surface area contributed by atoms with Gasteiger partial charge in [-0.15, -0.1) is 0 Å². The molecule has 0 bridgehead atoms. The van der Waals surface area contributed by atoms with Crippen LogP contribution >= 0.6 is 23.2 Å². The Hall–Kier alpha value is -1.89. The molecule has 2 aromatic rings. The molecular weight excluding hydrogens is 387 g/mol. The Morgan fingerprint density at radius 3 is 2.70 bits per heavy atom. The number of aromatic nitrogens is 1. The molecule has 0 aliphatic carbocycles. The van der Waals surface area contributed by atoms with E-state index in [2.05, 4.69) is 15.6 Å². The van der Waals surface area contributed by atoms with Crippen molar-refractivity contribution >= 4 is 29.2 Å². The third kappa shape index (κ3) is 6.65. The summed E-state index contributed by atoms with van der Waals surface area (Å²) in [5, 5.41) is 17.4. The van der Waals surface area contributed by atoms with Crippen molar-refractivity contribution in [1.82, 2.24) is 15.2 Å². The molecule has 2 rings (SSSR count). The SMILES string of the molecule is CCNC(=NCc1cc(Cl)c(Cl)n1C)NCC(O)COc1cccc(C)c1. The van der Waals surface area contributed by atoms with E-state index >= 15 is 0 Å². The van der Waals surface area contributed by atoms with Crippen LogP contribution in [-0.4, -0.2) is 41.4 Å². The van der Waals surface area contributed by atoms with Crippen molar-refractivity contribution in [2.75, 3.05) is 19.7 Å². The molecule has 0 saturated carbocycles. The fourth-order valence-electron chi connectivity index (χ4n) is 2.41. The molecule has 0 radical (unpaired) electrons. The fourth-order valence-corrected chi connectivity index (χ4v) is 2.83. The molecule has 6 nitrogen and oxygen atoms in total. The third-order valence-corrected chi connectivity index (χ3v) is 4.74. The van der Waals surface area contributed by atoms with Crippen LogP contribution in [0, 0.1) is 6.92 Å². The molecular formula is C19H26Cl2N4O2. The zero-order valence-corrected chi connectivity index (χ0v) is 17.3. The summed E-state index contributed by atoms with van der Waals surface area (Å²) in [4.78, 5) is 4.51. The van der Waals surface area contributed by atoms with E-state index in [0.717, 1.165) is 17.0 Å². The molecule has 1 aromatic carbocycles. The number of nitrogens with zero attached hydrogens (tertiary/aromatic N) is 2. The summed E-state index contributed by atoms with van der Waals surface area (Å²) in [5.41, 5.74) is 2.01. The number of halogens is 2. The van der Waals surface area contributed by atoms with Crippen molar-refractivity contribution in [3.05, 3.63) is 51.8 Å². The molecule has 1 aromatic heterocycles. The highest BCUT2D eigenvalue weighted by molar-refractivity contribution is 6.41. The van der Waals surface area contributed by atoms with Gasteiger partial charge in [0.05, 0.1) is 11.6 Å². The number of guanidine groups is 1. The second-order valence-electron chi connectivity index (χ2n) is 6.19. The first-order chi connectivity index (χ1) is 12.9. The van der Waals surface area contributed by atoms with Gasteiger partial charge < -0.3 is 25.0 Å². The summed E-state index contributed by atoms with van der Waals surface area (Å²) in [7, 11) is 1.84. The lowest BCUT2D eigenvalue weighted by Crippen LogP contribution is -2.42. The monoisotopic (exact) mass is 412 g/mol. The molecule has 0 fully saturated rings. The number of benzene rings is 1. The quantitative estimate of drug-likeness (QED) is 0.460. The van der Waals surface area contributed by atoms with Crippen LogP contribution in [0.5, 0.6) is 5.75 Å². The van der Waals surface area contributed by atoms with Gasteiger partial charge in [0.15, 0.2) is 5.96 Å². The Bertz CT molecular complexity index is 777. The van der Waals surface area contributed by atoms with E-state index in [-0.39, 0.29) is 6.61 Å². The van der Waals surface area contributed by atoms with Crippen LogP contribution in [0.1, 0.15) is 18.2 Å². The largest absolute Gasteiger partial charge is 0.491 e. The van der Waals surface area contributed by atoms with E-state index in [4.69, 9.17) is 27.9 Å². The highest BCUT2D eigenvalue weighted by Gasteiger charge is 2.10. The van der Waals surface area contributed by atoms with E-state index < -0.39 is 6.10 Å². The molecule has 0 amide bonds. The lowest BCUT2D eigenvalue weighted by molar-refractivity contribution is 0.110. The molecule has 1 atom stereocenters. The van der Waals surface area contributed by atoms with Crippen LogP contribution < -0.4 is 15.4 Å². The molecule has 3 N–H and O–H groups in total. The summed E-state index contributed by atoms with van der Waals surface area (Å²) < 4.78 is 7.41. The molecule has 0 spiro atoms. The smallest absolute Gasteiger partial charge is 0.191 e. The van der Waals surface area contributed by atoms with Crippen LogP contribution in [0.2, 0.25) is 10.2 Å². The lowest BCUT2D eigenvalue weighted by Gasteiger charge is -2.16. The molecule has 8 heteroatoms. The molecule has 1 heterocycles. The van der Waals surface area contributed by atoms with E-state index in [9.17, 15) is 5.11 Å². The number of hydrogen-bond acceptors (Lipinski definition) is 3. The minimum Gasteiger partial charge on any atom is -0.491 e. The van der Waals surface area contributed by atoms with E-state index in [0.29, 0.717) is 35.8 Å². The predicted octanol–water partition coefficient (Wildman–Crippen LogP) is 3.14. The van der Waals surface area contributed by atoms with Crippen molar-refractivity contribution in [1.29, 1.82) is 0 Å². The summed E-state index contributed by atoms with van der Waals surface area (Å²) in [6.07, 6.45) is -0.673. The predicted molar refractivity (Wildman–Crippen MR) is 111 cm³/mol. The highest BCUT2D eigenvalue weighted by Crippen LogP contribution is 2.25. The molecule has 27 heavy (non-hydrogen) atoms. The summed E-state index contributed by atoms with van der Waals surface area (Å²) in [6, 6.07) is 9.52. The van der Waals surface area contributed by atoms with Gasteiger partial charge in [0.1, 0.15) is 23.6 Å². The average Bonchev–Trinajstić information content (AvgIpc) is 2.89. The zero-order valence-electron chi connectivity index (χ0n) is 15.8. The highest BCUT2D eigenvalue weighted by atomic mass is 35.5. The first-order valence-corrected chi connectivity index (χ1v) is 9.55. The summed E-state index contributed by atoms with van der Waals surface area (Å²) in [6.45, 7) is 5.59. The van der Waals surface area contributed by atoms with Gasteiger partial charge >= 0.3 is 0 Å². The van der Waals surface area contributed by atoms with Crippen LogP contribution in [0.3, 0.4) is 0 Å². The fraction of sp³-hybridized carbons (Fsp3) is 0.421. The van der Waals surface area contributed by atoms with Crippen molar-refractivity contribution in [3.63, 3.8) is 0 Å². The number of rotatable bonds is 8. The standard InChI is InChI=1S/C19H26Cl2N4O2/c1-4-22-19(23-10-14-9-17(20)18(21)25(14)3)24-11-15(26)12-27-16-7-5-6-13(2)8-16/h5-9,15,26H,4,10-12H2,1-3H3,(H2,22,23,24). The maximum atomic E-state index is 10.2. The Morgan fingerprint density at radius 2 is 2.07 bits per heavy atom. The van der Waals surface area contributed by atoms with E-state index in [1.165, 1.54) is 0 Å². The van der Waals surface area contributed by atoms with Gasteiger partial charge in [0.2, 0.25) is 0 Å². The molecule has 0 aliphatic heterocycles. The normalized spacial score (nSPS) is 12.7. The summed E-state index contributed by atoms with van der Waals surface area (Å²) >= 11 is 12.1. The summed E-state index contributed by atoms with van der Waals surface area (Å²) in [5.74, 6) is 1.34. The maximum Gasteiger partial charge on any atom is 0.191 e. The molecule has 148 valence electrons. The first-order valence-electron chi connectivity index (χ1n) is 8.80. The molecule has 1 unspecified atom stereocenters. The van der Waals surface area contributed by atoms with Gasteiger partial charge in [-0.05, 0) is 37.6 Å². The molecule has 0 aliphatic rings. The second kappa shape index (κ2) is 10.4. The number of aliphatic imine (C=N–C) groups is 1. The number of aliphatic hydroxyl groups excluding tert-OH is 1. The van der Waals surface area contributed by atoms with Gasteiger partial charge in [-0.25, -0.2) is 4.99 Å². The number of hydrogen-bond donors (Lipinski definition) is 3. The minimum absolute atomic E-state index is 0.193. The Kier molecular flexibility index (Phi) is 8.28. The van der Waals surface area contributed by atoms with Gasteiger partial charge in [0.25, 0.3) is 0 Å². The van der Waals surface area contributed by atoms with Crippen molar-refractivity contribution in [2.24, 2.45) is 12.0 Å². The van der Waals surface area contributed by atoms with Crippen LogP contribution in [-0.2, 0) is 13.6 Å². The number of nitrogens with one attached hydrogen (secondary N) is 2. The number of aryl methyl sites for hydroxylation is 1. The average molecular weight is 413 g/mol. The van der Waals surface area contributed by atoms with Crippen LogP contribution in [0.25, 0.3) is 0 Å². The number of aliphatic hydroxyl groups is 1. The van der Waals surface area contributed by atoms with Gasteiger partial charge in [-0.2, -0.15) is 0 Å². The van der Waals surface area contributed by atoms with E-state index in [1.54, 1.807) is 10.6 Å². The van der Waals surface area contributed by atoms with Gasteiger partial charge in [-0.1, -0.05) is 35.3 Å². The van der Waals surface area contributed by atoms with Crippen molar-refractivity contribution in [2.45, 2.75) is 26.5 Å². The van der Waals surface area contributed by atoms with Gasteiger partial charge in [-0.3, -0.25) is 0 Å². The van der Waals surface area contributed by atoms with Crippen molar-refractivity contribution < 1.29 is 9.84 Å². The Balaban J connectivity index is 1.86. The Morgan fingerprint density at radius 1 is 1.30 bits per heavy atom.